The van der Waals surface area contributed by atoms with E-state index in [1.165, 1.54) is 0 Å². The Kier molecular flexibility index (Phi) is 3.85. The minimum atomic E-state index is -0.797. The first-order chi connectivity index (χ1) is 3.42. The Morgan fingerprint density at radius 2 is 1.75 bits per heavy atom. The van der Waals surface area contributed by atoms with E-state index in [9.17, 15) is 0 Å². The molecule has 4 heteroatoms. The molecule has 0 amide bonds. The van der Waals surface area contributed by atoms with Crippen LogP contribution in [0.1, 0.15) is 13.3 Å². The lowest BCUT2D eigenvalue weighted by Gasteiger charge is -2.11. The van der Waals surface area contributed by atoms with Crippen LogP contribution in [0, 0.1) is 0 Å². The molecule has 0 bridgehead atoms. The average molecular weight is 196 g/mol. The largest absolute Gasteiger partial charge is 0.118 e. The summed E-state index contributed by atoms with van der Waals surface area (Å²) in [5, 5.41) is 0. The van der Waals surface area contributed by atoms with Gasteiger partial charge in [-0.25, -0.2) is 0 Å². The summed E-state index contributed by atoms with van der Waals surface area (Å²) in [4.78, 5) is -0.477. The van der Waals surface area contributed by atoms with E-state index in [1.807, 2.05) is 0 Å². The van der Waals surface area contributed by atoms with Gasteiger partial charge in [-0.3, -0.25) is 0 Å². The Hall–Kier alpha value is 1.16. The van der Waals surface area contributed by atoms with Gasteiger partial charge in [0.1, 0.15) is 9.17 Å². The van der Waals surface area contributed by atoms with Crippen molar-refractivity contribution >= 4 is 46.4 Å². The maximum Gasteiger partial charge on any atom is 0.118 e. The van der Waals surface area contributed by atoms with Crippen LogP contribution in [-0.4, -0.2) is 9.17 Å². The van der Waals surface area contributed by atoms with Crippen LogP contribution in [0.2, 0.25) is 0 Å². The molecule has 0 aliphatic rings. The zero-order valence-electron chi connectivity index (χ0n) is 4.30. The van der Waals surface area contributed by atoms with Gasteiger partial charge in [0.2, 0.25) is 0 Å². The quantitative estimate of drug-likeness (QED) is 0.593. The molecule has 0 atom stereocenters. The second-order valence-corrected chi connectivity index (χ2v) is 4.80. The third-order valence-electron chi connectivity index (χ3n) is 0.513. The summed E-state index contributed by atoms with van der Waals surface area (Å²) in [6, 6.07) is 0. The molecular weight excluding hydrogens is 190 g/mol. The molecule has 0 heterocycles. The molecular formula is C4H6Cl4. The fraction of sp³-hybridized carbons (Fsp3) is 1.00. The fourth-order valence-electron chi connectivity index (χ4n) is 0.271. The standard InChI is InChI=1S/C4H6Cl4/c1-4(7,8)2-3(5)6/h3H,2H2,1H3. The van der Waals surface area contributed by atoms with Crippen LogP contribution >= 0.6 is 46.4 Å². The monoisotopic (exact) mass is 194 g/mol. The Morgan fingerprint density at radius 1 is 1.38 bits per heavy atom. The zero-order chi connectivity index (χ0) is 6.78. The lowest BCUT2D eigenvalue weighted by atomic mass is 10.4. The fourth-order valence-corrected chi connectivity index (χ4v) is 1.51. The van der Waals surface area contributed by atoms with Crippen molar-refractivity contribution in [1.82, 2.24) is 0 Å². The second-order valence-electron chi connectivity index (χ2n) is 1.67. The van der Waals surface area contributed by atoms with E-state index in [-0.39, 0.29) is 0 Å². The number of halogens is 4. The minimum absolute atomic E-state index is 0.388. The van der Waals surface area contributed by atoms with Crippen molar-refractivity contribution in [2.24, 2.45) is 0 Å². The summed E-state index contributed by atoms with van der Waals surface area (Å²) in [5.74, 6) is 0. The maximum absolute atomic E-state index is 5.52. The van der Waals surface area contributed by atoms with Gasteiger partial charge in [0, 0.05) is 6.42 Å². The molecule has 0 spiro atoms. The lowest BCUT2D eigenvalue weighted by molar-refractivity contribution is 0.800. The highest BCUT2D eigenvalue weighted by Gasteiger charge is 2.19. The van der Waals surface area contributed by atoms with Gasteiger partial charge < -0.3 is 0 Å². The van der Waals surface area contributed by atoms with E-state index >= 15 is 0 Å². The first-order valence-electron chi connectivity index (χ1n) is 2.08. The molecule has 0 unspecified atom stereocenters. The van der Waals surface area contributed by atoms with Crippen LogP contribution in [0.25, 0.3) is 0 Å². The molecule has 0 aliphatic carbocycles. The van der Waals surface area contributed by atoms with Crippen LogP contribution in [0.4, 0.5) is 0 Å². The van der Waals surface area contributed by atoms with Gasteiger partial charge >= 0.3 is 0 Å². The highest BCUT2D eigenvalue weighted by Crippen LogP contribution is 2.28. The summed E-state index contributed by atoms with van der Waals surface area (Å²) >= 11 is 21.8. The van der Waals surface area contributed by atoms with Gasteiger partial charge in [-0.2, -0.15) is 0 Å². The van der Waals surface area contributed by atoms with Gasteiger partial charge in [-0.1, -0.05) is 0 Å². The van der Waals surface area contributed by atoms with Gasteiger partial charge in [-0.15, -0.1) is 46.4 Å². The first kappa shape index (κ1) is 9.16. The summed E-state index contributed by atoms with van der Waals surface area (Å²) in [5.41, 5.74) is 0. The molecule has 0 saturated carbocycles. The van der Waals surface area contributed by atoms with E-state index in [2.05, 4.69) is 0 Å². The van der Waals surface area contributed by atoms with Gasteiger partial charge in [-0.05, 0) is 6.92 Å². The molecule has 0 fully saturated rings. The normalized spacial score (nSPS) is 12.8. The third-order valence-corrected chi connectivity index (χ3v) is 1.13. The van der Waals surface area contributed by atoms with Gasteiger partial charge in [0.25, 0.3) is 0 Å². The molecule has 8 heavy (non-hydrogen) atoms. The number of alkyl halides is 4. The predicted molar refractivity (Wildman–Crippen MR) is 40.2 cm³/mol. The molecule has 0 saturated heterocycles. The van der Waals surface area contributed by atoms with Crippen molar-refractivity contribution in [3.63, 3.8) is 0 Å². The Labute approximate surface area is 69.0 Å². The number of hydrogen-bond acceptors (Lipinski definition) is 0. The first-order valence-corrected chi connectivity index (χ1v) is 3.71. The molecule has 0 aromatic rings. The number of hydrogen-bond donors (Lipinski definition) is 0. The van der Waals surface area contributed by atoms with Gasteiger partial charge in [0.05, 0.1) is 0 Å². The van der Waals surface area contributed by atoms with Gasteiger partial charge in [0.15, 0.2) is 0 Å². The molecule has 50 valence electrons. The zero-order valence-corrected chi connectivity index (χ0v) is 7.32. The van der Waals surface area contributed by atoms with Crippen LogP contribution < -0.4 is 0 Å². The minimum Gasteiger partial charge on any atom is -0.105 e. The van der Waals surface area contributed by atoms with Crippen molar-refractivity contribution < 1.29 is 0 Å². The van der Waals surface area contributed by atoms with E-state index in [0.717, 1.165) is 0 Å². The van der Waals surface area contributed by atoms with Crippen molar-refractivity contribution in [3.8, 4) is 0 Å². The molecule has 0 aromatic heterocycles. The molecule has 0 nitrogen and oxygen atoms in total. The molecule has 0 aromatic carbocycles. The second kappa shape index (κ2) is 3.36. The summed E-state index contributed by atoms with van der Waals surface area (Å²) < 4.78 is -0.797. The van der Waals surface area contributed by atoms with E-state index < -0.39 is 9.17 Å². The summed E-state index contributed by atoms with van der Waals surface area (Å²) in [6.07, 6.45) is 0.388. The molecule has 0 N–H and O–H groups in total. The lowest BCUT2D eigenvalue weighted by Crippen LogP contribution is -2.09. The molecule has 0 rings (SSSR count). The maximum atomic E-state index is 5.52. The van der Waals surface area contributed by atoms with Crippen LogP contribution in [0.3, 0.4) is 0 Å². The Morgan fingerprint density at radius 3 is 1.75 bits per heavy atom. The van der Waals surface area contributed by atoms with E-state index in [1.54, 1.807) is 6.92 Å². The Bertz CT molecular complexity index is 62.9. The highest BCUT2D eigenvalue weighted by atomic mass is 35.5. The van der Waals surface area contributed by atoms with Crippen LogP contribution in [0.15, 0.2) is 0 Å². The van der Waals surface area contributed by atoms with E-state index in [0.29, 0.717) is 6.42 Å². The predicted octanol–water partition coefficient (Wildman–Crippen LogP) is 3.37. The van der Waals surface area contributed by atoms with Crippen LogP contribution in [-0.2, 0) is 0 Å². The van der Waals surface area contributed by atoms with Crippen molar-refractivity contribution in [1.29, 1.82) is 0 Å². The number of rotatable bonds is 2. The van der Waals surface area contributed by atoms with Crippen molar-refractivity contribution in [2.75, 3.05) is 0 Å². The SMILES string of the molecule is CC(Cl)(Cl)CC(Cl)Cl. The topological polar surface area (TPSA) is 0 Å². The highest BCUT2D eigenvalue weighted by molar-refractivity contribution is 6.50. The summed E-state index contributed by atoms with van der Waals surface area (Å²) in [6.45, 7) is 1.65. The van der Waals surface area contributed by atoms with Crippen LogP contribution in [0.5, 0.6) is 0 Å². The third kappa shape index (κ3) is 7.16. The summed E-state index contributed by atoms with van der Waals surface area (Å²) in [7, 11) is 0. The van der Waals surface area contributed by atoms with Crippen molar-refractivity contribution in [3.05, 3.63) is 0 Å². The molecule has 0 radical (unpaired) electrons. The average Bonchev–Trinajstić information content (AvgIpc) is 1.21. The molecule has 0 aliphatic heterocycles. The Balaban J connectivity index is 3.39. The van der Waals surface area contributed by atoms with E-state index in [4.69, 9.17) is 46.4 Å². The van der Waals surface area contributed by atoms with Crippen molar-refractivity contribution in [2.45, 2.75) is 22.5 Å². The smallest absolute Gasteiger partial charge is 0.105 e.